The molecule has 3 rings (SSSR count). The summed E-state index contributed by atoms with van der Waals surface area (Å²) in [6.45, 7) is 3.30. The molecule has 2 aromatic heterocycles. The van der Waals surface area contributed by atoms with Crippen molar-refractivity contribution < 1.29 is 4.79 Å². The Hall–Kier alpha value is -2.70. The van der Waals surface area contributed by atoms with Crippen LogP contribution in [-0.2, 0) is 18.3 Å². The van der Waals surface area contributed by atoms with E-state index in [-0.39, 0.29) is 17.5 Å². The van der Waals surface area contributed by atoms with Crippen LogP contribution in [0.1, 0.15) is 24.1 Å². The third-order valence-electron chi connectivity index (χ3n) is 4.42. The number of nitrogens with one attached hydrogen (secondary N) is 1. The van der Waals surface area contributed by atoms with Gasteiger partial charge in [-0.1, -0.05) is 6.07 Å². The third-order valence-corrected chi connectivity index (χ3v) is 4.42. The summed E-state index contributed by atoms with van der Waals surface area (Å²) in [5.74, 6) is 0.429. The third kappa shape index (κ3) is 4.23. The lowest BCUT2D eigenvalue weighted by atomic mass is 10.1. The number of rotatable bonds is 4. The highest BCUT2D eigenvalue weighted by molar-refractivity contribution is 5.78. The van der Waals surface area contributed by atoms with Gasteiger partial charge < -0.3 is 14.8 Å². The zero-order chi connectivity index (χ0) is 17.8. The fourth-order valence-electron chi connectivity index (χ4n) is 3.06. The summed E-state index contributed by atoms with van der Waals surface area (Å²) < 4.78 is 1.52. The van der Waals surface area contributed by atoms with E-state index in [1.165, 1.54) is 4.57 Å². The fourth-order valence-corrected chi connectivity index (χ4v) is 3.06. The standard InChI is InChI=1S/C18H23N5O2/c1-13-5-6-14(11-20-13)10-16(24)21-15-4-3-8-23(12-15)17-18(25)22(2)9-7-19-17/h5-7,9,11,15H,3-4,8,10,12H2,1-2H3,(H,21,24)/t15-/m0/s1. The minimum atomic E-state index is -0.111. The summed E-state index contributed by atoms with van der Waals surface area (Å²) in [6.07, 6.45) is 7.14. The van der Waals surface area contributed by atoms with Crippen molar-refractivity contribution in [1.29, 1.82) is 0 Å². The summed E-state index contributed by atoms with van der Waals surface area (Å²) in [5, 5.41) is 3.07. The molecule has 0 aromatic carbocycles. The first-order valence-electron chi connectivity index (χ1n) is 8.50. The minimum Gasteiger partial charge on any atom is -0.351 e. The molecule has 1 amide bonds. The van der Waals surface area contributed by atoms with Crippen molar-refractivity contribution in [1.82, 2.24) is 19.9 Å². The van der Waals surface area contributed by atoms with E-state index in [0.29, 0.717) is 18.8 Å². The number of carbonyl (C=O) groups is 1. The first-order valence-corrected chi connectivity index (χ1v) is 8.50. The molecule has 2 aromatic rings. The number of carbonyl (C=O) groups excluding carboxylic acids is 1. The predicted molar refractivity (Wildman–Crippen MR) is 95.5 cm³/mol. The Labute approximate surface area is 146 Å². The second-order valence-corrected chi connectivity index (χ2v) is 6.50. The molecule has 0 aliphatic carbocycles. The van der Waals surface area contributed by atoms with Crippen LogP contribution in [-0.4, -0.2) is 39.6 Å². The largest absolute Gasteiger partial charge is 0.351 e. The number of hydrogen-bond donors (Lipinski definition) is 1. The lowest BCUT2D eigenvalue weighted by Gasteiger charge is -2.33. The van der Waals surface area contributed by atoms with Crippen LogP contribution in [0.3, 0.4) is 0 Å². The monoisotopic (exact) mass is 341 g/mol. The quantitative estimate of drug-likeness (QED) is 0.890. The molecule has 132 valence electrons. The Morgan fingerprint density at radius 3 is 2.96 bits per heavy atom. The Kier molecular flexibility index (Phi) is 5.11. The SMILES string of the molecule is Cc1ccc(CC(=O)N[C@H]2CCCN(c3nccn(C)c3=O)C2)cn1. The molecular formula is C18H23N5O2. The van der Waals surface area contributed by atoms with Crippen LogP contribution in [0.2, 0.25) is 0 Å². The van der Waals surface area contributed by atoms with Crippen LogP contribution in [0.5, 0.6) is 0 Å². The van der Waals surface area contributed by atoms with Crippen LogP contribution in [0.25, 0.3) is 0 Å². The van der Waals surface area contributed by atoms with Gasteiger partial charge in [0.05, 0.1) is 6.42 Å². The van der Waals surface area contributed by atoms with Crippen molar-refractivity contribution in [3.8, 4) is 0 Å². The van der Waals surface area contributed by atoms with E-state index in [9.17, 15) is 9.59 Å². The first kappa shape index (κ1) is 17.1. The van der Waals surface area contributed by atoms with E-state index in [2.05, 4.69) is 15.3 Å². The maximum Gasteiger partial charge on any atom is 0.293 e. The normalized spacial score (nSPS) is 17.4. The van der Waals surface area contributed by atoms with E-state index in [1.54, 1.807) is 25.6 Å². The van der Waals surface area contributed by atoms with E-state index in [0.717, 1.165) is 30.6 Å². The van der Waals surface area contributed by atoms with Crippen molar-refractivity contribution in [2.45, 2.75) is 32.2 Å². The number of pyridine rings is 1. The maximum absolute atomic E-state index is 12.3. The average molecular weight is 341 g/mol. The second-order valence-electron chi connectivity index (χ2n) is 6.50. The number of amides is 1. The Bertz CT molecular complexity index is 800. The molecule has 0 spiro atoms. The smallest absolute Gasteiger partial charge is 0.293 e. The first-order chi connectivity index (χ1) is 12.0. The van der Waals surface area contributed by atoms with Gasteiger partial charge in [0.25, 0.3) is 5.56 Å². The molecule has 1 aliphatic heterocycles. The lowest BCUT2D eigenvalue weighted by molar-refractivity contribution is -0.121. The maximum atomic E-state index is 12.3. The predicted octanol–water partition coefficient (Wildman–Crippen LogP) is 0.811. The number of piperidine rings is 1. The van der Waals surface area contributed by atoms with Crippen LogP contribution in [0, 0.1) is 6.92 Å². The van der Waals surface area contributed by atoms with Gasteiger partial charge in [0.1, 0.15) is 0 Å². The van der Waals surface area contributed by atoms with E-state index in [1.807, 2.05) is 24.0 Å². The van der Waals surface area contributed by atoms with Gasteiger partial charge in [0.2, 0.25) is 5.91 Å². The molecule has 1 fully saturated rings. The molecule has 0 saturated carbocycles. The molecule has 3 heterocycles. The van der Waals surface area contributed by atoms with Gasteiger partial charge in [-0.25, -0.2) is 4.98 Å². The lowest BCUT2D eigenvalue weighted by Crippen LogP contribution is -2.49. The number of hydrogen-bond acceptors (Lipinski definition) is 5. The molecule has 1 saturated heterocycles. The van der Waals surface area contributed by atoms with E-state index < -0.39 is 0 Å². The summed E-state index contributed by atoms with van der Waals surface area (Å²) in [7, 11) is 1.71. The molecule has 25 heavy (non-hydrogen) atoms. The highest BCUT2D eigenvalue weighted by Gasteiger charge is 2.24. The minimum absolute atomic E-state index is 0.0198. The van der Waals surface area contributed by atoms with Crippen molar-refractivity contribution >= 4 is 11.7 Å². The molecule has 0 radical (unpaired) electrons. The molecule has 0 unspecified atom stereocenters. The van der Waals surface area contributed by atoms with Crippen molar-refractivity contribution in [2.75, 3.05) is 18.0 Å². The summed E-state index contributed by atoms with van der Waals surface area (Å²) in [6, 6.07) is 3.85. The molecule has 7 heteroatoms. The molecule has 1 atom stereocenters. The van der Waals surface area contributed by atoms with Crippen LogP contribution < -0.4 is 15.8 Å². The van der Waals surface area contributed by atoms with E-state index in [4.69, 9.17) is 0 Å². The topological polar surface area (TPSA) is 80.1 Å². The molecule has 1 N–H and O–H groups in total. The van der Waals surface area contributed by atoms with Gasteiger partial charge >= 0.3 is 0 Å². The zero-order valence-electron chi connectivity index (χ0n) is 14.6. The second kappa shape index (κ2) is 7.46. The summed E-state index contributed by atoms with van der Waals surface area (Å²) >= 11 is 0. The molecule has 7 nitrogen and oxygen atoms in total. The molecule has 0 bridgehead atoms. The number of aryl methyl sites for hydroxylation is 2. The highest BCUT2D eigenvalue weighted by Crippen LogP contribution is 2.14. The van der Waals surface area contributed by atoms with Crippen molar-refractivity contribution in [3.05, 3.63) is 52.3 Å². The number of nitrogens with zero attached hydrogens (tertiary/aromatic N) is 4. The fraction of sp³-hybridized carbons (Fsp3) is 0.444. The van der Waals surface area contributed by atoms with Gasteiger partial charge in [0, 0.05) is 50.5 Å². The van der Waals surface area contributed by atoms with Gasteiger partial charge in [-0.05, 0) is 31.4 Å². The van der Waals surface area contributed by atoms with Crippen LogP contribution in [0.4, 0.5) is 5.82 Å². The summed E-state index contributed by atoms with van der Waals surface area (Å²) in [4.78, 5) is 34.9. The number of aromatic nitrogens is 3. The van der Waals surface area contributed by atoms with Gasteiger partial charge in [-0.15, -0.1) is 0 Å². The van der Waals surface area contributed by atoms with Crippen molar-refractivity contribution in [2.24, 2.45) is 7.05 Å². The van der Waals surface area contributed by atoms with Gasteiger partial charge in [-0.3, -0.25) is 14.6 Å². The van der Waals surface area contributed by atoms with Crippen LogP contribution >= 0.6 is 0 Å². The highest BCUT2D eigenvalue weighted by atomic mass is 16.1. The Morgan fingerprint density at radius 1 is 1.36 bits per heavy atom. The number of anilines is 1. The molecule has 1 aliphatic rings. The summed E-state index contributed by atoms with van der Waals surface area (Å²) in [5.41, 5.74) is 1.72. The van der Waals surface area contributed by atoms with Crippen molar-refractivity contribution in [3.63, 3.8) is 0 Å². The van der Waals surface area contributed by atoms with Gasteiger partial charge in [-0.2, -0.15) is 0 Å². The average Bonchev–Trinajstić information content (AvgIpc) is 2.59. The molecular weight excluding hydrogens is 318 g/mol. The van der Waals surface area contributed by atoms with E-state index >= 15 is 0 Å². The zero-order valence-corrected chi connectivity index (χ0v) is 14.6. The van der Waals surface area contributed by atoms with Gasteiger partial charge in [0.15, 0.2) is 5.82 Å². The Morgan fingerprint density at radius 2 is 2.20 bits per heavy atom. The Balaban J connectivity index is 1.61. The van der Waals surface area contributed by atoms with Crippen LogP contribution in [0.15, 0.2) is 35.5 Å².